The third kappa shape index (κ3) is 3.32. The molecule has 140 valence electrons. The monoisotopic (exact) mass is 346 g/mol. The Hall–Kier alpha value is -1.09. The molecule has 0 saturated heterocycles. The minimum absolute atomic E-state index is 0.311. The maximum absolute atomic E-state index is 11.0. The maximum atomic E-state index is 11.0. The van der Waals surface area contributed by atoms with Crippen LogP contribution in [0.15, 0.2) is 23.8 Å². The van der Waals surface area contributed by atoms with E-state index in [1.54, 1.807) is 0 Å². The van der Waals surface area contributed by atoms with E-state index in [1.807, 2.05) is 0 Å². The number of rotatable bonds is 4. The van der Waals surface area contributed by atoms with Gasteiger partial charge in [0.25, 0.3) is 0 Å². The zero-order valence-corrected chi connectivity index (χ0v) is 16.1. The van der Waals surface area contributed by atoms with Crippen LogP contribution < -0.4 is 0 Å². The van der Waals surface area contributed by atoms with E-state index in [1.165, 1.54) is 49.7 Å². The lowest BCUT2D eigenvalue weighted by atomic mass is 9.46. The van der Waals surface area contributed by atoms with Gasteiger partial charge in [-0.15, -0.1) is 0 Å². The van der Waals surface area contributed by atoms with Crippen LogP contribution in [0.4, 0.5) is 0 Å². The van der Waals surface area contributed by atoms with Gasteiger partial charge in [-0.1, -0.05) is 39.0 Å². The molecular formula is C22H34O3. The van der Waals surface area contributed by atoms with Gasteiger partial charge in [0.2, 0.25) is 0 Å². The zero-order chi connectivity index (χ0) is 18.2. The summed E-state index contributed by atoms with van der Waals surface area (Å²) in [6, 6.07) is 0. The van der Waals surface area contributed by atoms with Gasteiger partial charge in [0, 0.05) is 6.42 Å². The summed E-state index contributed by atoms with van der Waals surface area (Å²) in [5.74, 6) is 0.606. The van der Waals surface area contributed by atoms with E-state index in [9.17, 15) is 4.79 Å². The van der Waals surface area contributed by atoms with Crippen LogP contribution in [-0.4, -0.2) is 23.8 Å². The zero-order valence-electron chi connectivity index (χ0n) is 16.1. The predicted octanol–water partition coefficient (Wildman–Crippen LogP) is 5.37. The van der Waals surface area contributed by atoms with Crippen LogP contribution in [0.2, 0.25) is 0 Å². The largest absolute Gasteiger partial charge is 0.479 e. The van der Waals surface area contributed by atoms with Crippen LogP contribution >= 0.6 is 0 Å². The van der Waals surface area contributed by atoms with Gasteiger partial charge in [-0.2, -0.15) is 0 Å². The first-order valence-corrected chi connectivity index (χ1v) is 9.98. The molecule has 0 spiro atoms. The molecule has 1 heterocycles. The molecule has 1 N–H and O–H groups in total. The van der Waals surface area contributed by atoms with E-state index in [-0.39, 0.29) is 0 Å². The van der Waals surface area contributed by atoms with Crippen molar-refractivity contribution in [2.75, 3.05) is 6.61 Å². The Bertz CT molecular complexity index is 578. The molecule has 0 radical (unpaired) electrons. The summed E-state index contributed by atoms with van der Waals surface area (Å²) in [6.45, 7) is 12.3. The smallest absolute Gasteiger partial charge is 0.333 e. The number of fused-ring (bicyclic) bond motifs is 1. The highest BCUT2D eigenvalue weighted by Gasteiger charge is 2.53. The second-order valence-corrected chi connectivity index (χ2v) is 9.15. The summed E-state index contributed by atoms with van der Waals surface area (Å²) < 4.78 is 5.51. The molecule has 3 nitrogen and oxygen atoms in total. The van der Waals surface area contributed by atoms with E-state index >= 15 is 0 Å². The molecule has 0 aromatic carbocycles. The number of aliphatic carboxylic acids is 1. The predicted molar refractivity (Wildman–Crippen MR) is 100 cm³/mol. The molecule has 1 aliphatic heterocycles. The SMILES string of the molecule is C=C1CCC[C@H]2[C@](C)(CCC3=CCC(C(=O)O)OC3)[C@@H](C)CC[C@]12C. The summed E-state index contributed by atoms with van der Waals surface area (Å²) in [7, 11) is 0. The number of carbonyl (C=O) groups is 1. The first-order valence-electron chi connectivity index (χ1n) is 9.98. The number of carboxylic acids is 1. The van der Waals surface area contributed by atoms with Crippen molar-refractivity contribution >= 4 is 5.97 Å². The van der Waals surface area contributed by atoms with E-state index in [2.05, 4.69) is 33.4 Å². The molecule has 2 fully saturated rings. The Kier molecular flexibility index (Phi) is 5.16. The van der Waals surface area contributed by atoms with Gasteiger partial charge in [-0.05, 0) is 73.2 Å². The third-order valence-corrected chi connectivity index (χ3v) is 7.92. The average molecular weight is 347 g/mol. The quantitative estimate of drug-likeness (QED) is 0.697. The fourth-order valence-corrected chi connectivity index (χ4v) is 5.77. The van der Waals surface area contributed by atoms with Crippen LogP contribution in [0.5, 0.6) is 0 Å². The van der Waals surface area contributed by atoms with Crippen molar-refractivity contribution in [2.24, 2.45) is 22.7 Å². The lowest BCUT2D eigenvalue weighted by Crippen LogP contribution is -2.50. The summed E-state index contributed by atoms with van der Waals surface area (Å²) in [6.07, 6.45) is 10.6. The normalized spacial score (nSPS) is 41.8. The van der Waals surface area contributed by atoms with Crippen LogP contribution in [0.1, 0.15) is 72.1 Å². The minimum Gasteiger partial charge on any atom is -0.479 e. The van der Waals surface area contributed by atoms with Crippen molar-refractivity contribution in [1.82, 2.24) is 0 Å². The molecule has 5 atom stereocenters. The second kappa shape index (κ2) is 6.90. The van der Waals surface area contributed by atoms with Gasteiger partial charge in [0.15, 0.2) is 6.10 Å². The molecule has 0 bridgehead atoms. The van der Waals surface area contributed by atoms with Crippen molar-refractivity contribution in [3.63, 3.8) is 0 Å². The molecule has 0 aromatic heterocycles. The average Bonchev–Trinajstić information content (AvgIpc) is 2.59. The minimum atomic E-state index is -0.848. The van der Waals surface area contributed by atoms with Gasteiger partial charge in [0.05, 0.1) is 6.61 Å². The lowest BCUT2D eigenvalue weighted by Gasteiger charge is -2.59. The van der Waals surface area contributed by atoms with Gasteiger partial charge in [0.1, 0.15) is 0 Å². The van der Waals surface area contributed by atoms with Crippen molar-refractivity contribution < 1.29 is 14.6 Å². The Morgan fingerprint density at radius 2 is 2.16 bits per heavy atom. The first-order chi connectivity index (χ1) is 11.8. The molecular weight excluding hydrogens is 312 g/mol. The van der Waals surface area contributed by atoms with Gasteiger partial charge in [-0.25, -0.2) is 4.79 Å². The van der Waals surface area contributed by atoms with E-state index < -0.39 is 12.1 Å². The van der Waals surface area contributed by atoms with Crippen LogP contribution in [0, 0.1) is 22.7 Å². The molecule has 3 rings (SSSR count). The Morgan fingerprint density at radius 1 is 1.40 bits per heavy atom. The number of hydrogen-bond donors (Lipinski definition) is 1. The Balaban J connectivity index is 1.71. The summed E-state index contributed by atoms with van der Waals surface area (Å²) in [5.41, 5.74) is 3.41. The molecule has 25 heavy (non-hydrogen) atoms. The second-order valence-electron chi connectivity index (χ2n) is 9.15. The van der Waals surface area contributed by atoms with Crippen LogP contribution in [0.3, 0.4) is 0 Å². The molecule has 0 amide bonds. The number of hydrogen-bond acceptors (Lipinski definition) is 2. The summed E-state index contributed by atoms with van der Waals surface area (Å²) >= 11 is 0. The van der Waals surface area contributed by atoms with Crippen molar-refractivity contribution in [1.29, 1.82) is 0 Å². The van der Waals surface area contributed by atoms with Gasteiger partial charge in [-0.3, -0.25) is 0 Å². The maximum Gasteiger partial charge on any atom is 0.333 e. The Labute approximate surface area is 152 Å². The fourth-order valence-electron chi connectivity index (χ4n) is 5.77. The standard InChI is InChI=1S/C22H34O3/c1-15-6-5-7-19-21(15,3)12-10-16(2)22(19,4)13-11-17-8-9-18(20(23)24)25-14-17/h8,16,18-19H,1,5-7,9-14H2,2-4H3,(H,23,24)/t16-,18?,19+,21+,22+/m0/s1. The molecule has 2 saturated carbocycles. The molecule has 2 aliphatic carbocycles. The number of ether oxygens (including phenoxy) is 1. The highest BCUT2D eigenvalue weighted by Crippen LogP contribution is 2.62. The van der Waals surface area contributed by atoms with Crippen molar-refractivity contribution in [3.05, 3.63) is 23.8 Å². The van der Waals surface area contributed by atoms with Gasteiger partial charge >= 0.3 is 5.97 Å². The molecule has 3 aliphatic rings. The Morgan fingerprint density at radius 3 is 2.80 bits per heavy atom. The highest BCUT2D eigenvalue weighted by molar-refractivity contribution is 5.72. The number of allylic oxidation sites excluding steroid dienone is 1. The van der Waals surface area contributed by atoms with Gasteiger partial charge < -0.3 is 9.84 Å². The summed E-state index contributed by atoms with van der Waals surface area (Å²) in [5, 5.41) is 9.05. The molecule has 1 unspecified atom stereocenters. The molecule has 0 aromatic rings. The van der Waals surface area contributed by atoms with Crippen LogP contribution in [-0.2, 0) is 9.53 Å². The first kappa shape index (κ1) is 18.7. The third-order valence-electron chi connectivity index (χ3n) is 7.92. The van der Waals surface area contributed by atoms with E-state index in [0.29, 0.717) is 23.9 Å². The summed E-state index contributed by atoms with van der Waals surface area (Å²) in [4.78, 5) is 11.0. The van der Waals surface area contributed by atoms with E-state index in [4.69, 9.17) is 9.84 Å². The van der Waals surface area contributed by atoms with Crippen molar-refractivity contribution in [2.45, 2.75) is 78.2 Å². The highest BCUT2D eigenvalue weighted by atomic mass is 16.5. The van der Waals surface area contributed by atoms with Crippen molar-refractivity contribution in [3.8, 4) is 0 Å². The topological polar surface area (TPSA) is 46.5 Å². The molecule has 3 heteroatoms. The number of carboxylic acid groups (broad SMARTS) is 1. The lowest BCUT2D eigenvalue weighted by molar-refractivity contribution is -0.150. The fraction of sp³-hybridized carbons (Fsp3) is 0.773. The van der Waals surface area contributed by atoms with E-state index in [0.717, 1.165) is 18.3 Å². The van der Waals surface area contributed by atoms with Crippen LogP contribution in [0.25, 0.3) is 0 Å².